The van der Waals surface area contributed by atoms with Crippen molar-refractivity contribution in [2.75, 3.05) is 0 Å². The maximum absolute atomic E-state index is 11.4. The van der Waals surface area contributed by atoms with Gasteiger partial charge in [-0.05, 0) is 13.3 Å². The molecule has 7 nitrogen and oxygen atoms in total. The first kappa shape index (κ1) is 13.0. The summed E-state index contributed by atoms with van der Waals surface area (Å²) >= 11 is 0. The molecule has 94 valence electrons. The molecule has 0 aliphatic heterocycles. The van der Waals surface area contributed by atoms with Gasteiger partial charge in [0.05, 0.1) is 6.54 Å². The highest BCUT2D eigenvalue weighted by molar-refractivity contribution is 5.82. The molecule has 17 heavy (non-hydrogen) atoms. The number of carboxylic acids is 1. The van der Waals surface area contributed by atoms with Gasteiger partial charge in [0.15, 0.2) is 0 Å². The largest absolute Gasteiger partial charge is 0.480 e. The van der Waals surface area contributed by atoms with Crippen LogP contribution in [0.3, 0.4) is 0 Å². The number of carbonyl (C=O) groups is 2. The van der Waals surface area contributed by atoms with Crippen LogP contribution in [-0.2, 0) is 11.3 Å². The molecular weight excluding hydrogens is 226 g/mol. The molecule has 1 rings (SSSR count). The third-order valence-electron chi connectivity index (χ3n) is 2.12. The van der Waals surface area contributed by atoms with Gasteiger partial charge in [-0.2, -0.15) is 0 Å². The van der Waals surface area contributed by atoms with E-state index in [0.717, 1.165) is 0 Å². The predicted molar refractivity (Wildman–Crippen MR) is 58.3 cm³/mol. The first-order valence-electron chi connectivity index (χ1n) is 5.22. The molecule has 1 aromatic rings. The van der Waals surface area contributed by atoms with Crippen LogP contribution in [0.5, 0.6) is 0 Å². The zero-order valence-corrected chi connectivity index (χ0v) is 9.69. The Morgan fingerprint density at radius 1 is 1.59 bits per heavy atom. The second-order valence-electron chi connectivity index (χ2n) is 3.55. The van der Waals surface area contributed by atoms with Crippen LogP contribution in [0, 0.1) is 6.92 Å². The summed E-state index contributed by atoms with van der Waals surface area (Å²) in [6.45, 7) is 3.62. The van der Waals surface area contributed by atoms with Crippen molar-refractivity contribution >= 4 is 12.0 Å². The van der Waals surface area contributed by atoms with Crippen LogP contribution in [0.4, 0.5) is 4.79 Å². The quantitative estimate of drug-likeness (QED) is 0.701. The number of hydrogen-bond donors (Lipinski definition) is 3. The summed E-state index contributed by atoms with van der Waals surface area (Å²) in [5.41, 5.74) is 0.584. The summed E-state index contributed by atoms with van der Waals surface area (Å²) in [5, 5.41) is 17.3. The molecule has 0 spiro atoms. The van der Waals surface area contributed by atoms with Crippen molar-refractivity contribution in [3.8, 4) is 0 Å². The topological polar surface area (TPSA) is 104 Å². The fourth-order valence-electron chi connectivity index (χ4n) is 1.22. The van der Waals surface area contributed by atoms with Crippen molar-refractivity contribution in [2.24, 2.45) is 0 Å². The second-order valence-corrected chi connectivity index (χ2v) is 3.55. The minimum Gasteiger partial charge on any atom is -0.480 e. The monoisotopic (exact) mass is 241 g/mol. The van der Waals surface area contributed by atoms with E-state index in [4.69, 9.17) is 9.63 Å². The van der Waals surface area contributed by atoms with E-state index in [1.807, 2.05) is 0 Å². The zero-order valence-electron chi connectivity index (χ0n) is 9.69. The number of nitrogens with one attached hydrogen (secondary N) is 2. The third-order valence-corrected chi connectivity index (χ3v) is 2.12. The van der Waals surface area contributed by atoms with Gasteiger partial charge in [0.25, 0.3) is 0 Å². The lowest BCUT2D eigenvalue weighted by atomic mass is 10.2. The standard InChI is InChI=1S/C10H15N3O4/c1-3-8(9(14)15)12-10(16)11-5-7-4-6(2)17-13-7/h4,8H,3,5H2,1-2H3,(H,14,15)(H2,11,12,16). The average Bonchev–Trinajstić information content (AvgIpc) is 2.68. The van der Waals surface area contributed by atoms with Crippen LogP contribution in [0.25, 0.3) is 0 Å². The molecule has 0 aliphatic rings. The van der Waals surface area contributed by atoms with Crippen LogP contribution in [0.2, 0.25) is 0 Å². The Hall–Kier alpha value is -2.05. The highest BCUT2D eigenvalue weighted by atomic mass is 16.5. The van der Waals surface area contributed by atoms with Gasteiger partial charge in [-0.1, -0.05) is 12.1 Å². The van der Waals surface area contributed by atoms with Gasteiger partial charge in [0.1, 0.15) is 17.5 Å². The van der Waals surface area contributed by atoms with Crippen LogP contribution in [-0.4, -0.2) is 28.3 Å². The highest BCUT2D eigenvalue weighted by Gasteiger charge is 2.17. The lowest BCUT2D eigenvalue weighted by Gasteiger charge is -2.12. The molecule has 1 unspecified atom stereocenters. The number of urea groups is 1. The van der Waals surface area contributed by atoms with Crippen molar-refractivity contribution in [1.29, 1.82) is 0 Å². The molecule has 0 saturated carbocycles. The van der Waals surface area contributed by atoms with Crippen LogP contribution in [0.1, 0.15) is 24.8 Å². The SMILES string of the molecule is CCC(NC(=O)NCc1cc(C)on1)C(=O)O. The van der Waals surface area contributed by atoms with E-state index in [9.17, 15) is 9.59 Å². The van der Waals surface area contributed by atoms with Crippen molar-refractivity contribution in [3.63, 3.8) is 0 Å². The fraction of sp³-hybridized carbons (Fsp3) is 0.500. The van der Waals surface area contributed by atoms with E-state index >= 15 is 0 Å². The van der Waals surface area contributed by atoms with Gasteiger partial charge in [-0.25, -0.2) is 9.59 Å². The smallest absolute Gasteiger partial charge is 0.326 e. The maximum atomic E-state index is 11.4. The molecule has 0 saturated heterocycles. The Morgan fingerprint density at radius 3 is 2.76 bits per heavy atom. The van der Waals surface area contributed by atoms with Gasteiger partial charge in [0, 0.05) is 6.07 Å². The minimum absolute atomic E-state index is 0.194. The number of nitrogens with zero attached hydrogens (tertiary/aromatic N) is 1. The van der Waals surface area contributed by atoms with Crippen molar-refractivity contribution in [2.45, 2.75) is 32.9 Å². The minimum atomic E-state index is -1.06. The molecule has 1 aromatic heterocycles. The first-order chi connectivity index (χ1) is 8.02. The summed E-state index contributed by atoms with van der Waals surface area (Å²) < 4.78 is 4.82. The third kappa shape index (κ3) is 4.13. The molecule has 2 amide bonds. The van der Waals surface area contributed by atoms with Crippen LogP contribution >= 0.6 is 0 Å². The molecule has 1 atom stereocenters. The molecule has 0 radical (unpaired) electrons. The summed E-state index contributed by atoms with van der Waals surface area (Å²) in [6, 6.07) is 0.267. The fourth-order valence-corrected chi connectivity index (χ4v) is 1.22. The Labute approximate surface area is 98.2 Å². The summed E-state index contributed by atoms with van der Waals surface area (Å²) in [7, 11) is 0. The Bertz CT molecular complexity index is 402. The number of carboxylic acid groups (broad SMARTS) is 1. The molecule has 1 heterocycles. The molecule has 7 heteroatoms. The number of rotatable bonds is 5. The molecule has 0 bridgehead atoms. The summed E-state index contributed by atoms with van der Waals surface area (Å²) in [6.07, 6.45) is 0.325. The second kappa shape index (κ2) is 5.88. The Kier molecular flexibility index (Phi) is 4.50. The van der Waals surface area contributed by atoms with E-state index in [1.165, 1.54) is 0 Å². The van der Waals surface area contributed by atoms with Crippen LogP contribution < -0.4 is 10.6 Å². The van der Waals surface area contributed by atoms with Gasteiger partial charge >= 0.3 is 12.0 Å². The summed E-state index contributed by atoms with van der Waals surface area (Å²) in [5.74, 6) is -0.404. The number of aromatic nitrogens is 1. The molecule has 3 N–H and O–H groups in total. The lowest BCUT2D eigenvalue weighted by Crippen LogP contribution is -2.45. The number of amides is 2. The van der Waals surface area contributed by atoms with Gasteiger partial charge in [0.2, 0.25) is 0 Å². The van der Waals surface area contributed by atoms with Gasteiger partial charge < -0.3 is 20.3 Å². The van der Waals surface area contributed by atoms with Gasteiger partial charge in [-0.3, -0.25) is 0 Å². The van der Waals surface area contributed by atoms with E-state index < -0.39 is 18.0 Å². The molecule has 0 aliphatic carbocycles. The molecule has 0 aromatic carbocycles. The first-order valence-corrected chi connectivity index (χ1v) is 5.22. The Balaban J connectivity index is 2.37. The van der Waals surface area contributed by atoms with Crippen molar-refractivity contribution in [1.82, 2.24) is 15.8 Å². The van der Waals surface area contributed by atoms with Crippen molar-refractivity contribution < 1.29 is 19.2 Å². The number of aliphatic carboxylic acids is 1. The normalized spacial score (nSPS) is 11.9. The van der Waals surface area contributed by atoms with Crippen LogP contribution in [0.15, 0.2) is 10.6 Å². The maximum Gasteiger partial charge on any atom is 0.326 e. The zero-order chi connectivity index (χ0) is 12.8. The average molecular weight is 241 g/mol. The lowest BCUT2D eigenvalue weighted by molar-refractivity contribution is -0.139. The van der Waals surface area contributed by atoms with Gasteiger partial charge in [-0.15, -0.1) is 0 Å². The van der Waals surface area contributed by atoms with E-state index in [-0.39, 0.29) is 6.54 Å². The van der Waals surface area contributed by atoms with E-state index in [0.29, 0.717) is 17.9 Å². The number of carbonyl (C=O) groups excluding carboxylic acids is 1. The predicted octanol–water partition coefficient (Wildman–Crippen LogP) is 0.645. The highest BCUT2D eigenvalue weighted by Crippen LogP contribution is 2.00. The molecule has 0 fully saturated rings. The number of hydrogen-bond acceptors (Lipinski definition) is 4. The Morgan fingerprint density at radius 2 is 2.29 bits per heavy atom. The van der Waals surface area contributed by atoms with Crippen molar-refractivity contribution in [3.05, 3.63) is 17.5 Å². The van der Waals surface area contributed by atoms with E-state index in [2.05, 4.69) is 15.8 Å². The molecular formula is C10H15N3O4. The van der Waals surface area contributed by atoms with E-state index in [1.54, 1.807) is 19.9 Å². The number of aryl methyl sites for hydroxylation is 1. The summed E-state index contributed by atoms with van der Waals surface area (Å²) in [4.78, 5) is 22.0.